The van der Waals surface area contributed by atoms with Crippen LogP contribution >= 0.6 is 0 Å². The second-order valence-corrected chi connectivity index (χ2v) is 5.05. The molecule has 0 unspecified atom stereocenters. The van der Waals surface area contributed by atoms with Gasteiger partial charge in [0.25, 0.3) is 5.91 Å². The minimum atomic E-state index is -0.435. The summed E-state index contributed by atoms with van der Waals surface area (Å²) in [6.45, 7) is 1.79. The third-order valence-electron chi connectivity index (χ3n) is 3.58. The molecule has 1 aliphatic rings. The van der Waals surface area contributed by atoms with Crippen LogP contribution in [0, 0.1) is 6.92 Å². The number of carbonyl (C=O) groups is 1. The molecular formula is C12H21N5O. The monoisotopic (exact) mass is 251 g/mol. The molecule has 6 nitrogen and oxygen atoms in total. The SMILES string of the molecule is Cc1nn(C)c(NC2CCC(N)CC2)c1C(N)=O. The fourth-order valence-corrected chi connectivity index (χ4v) is 2.58. The summed E-state index contributed by atoms with van der Waals surface area (Å²) >= 11 is 0. The molecule has 0 aliphatic heterocycles. The van der Waals surface area contributed by atoms with Gasteiger partial charge in [-0.2, -0.15) is 5.10 Å². The Morgan fingerprint density at radius 1 is 1.39 bits per heavy atom. The number of amides is 1. The first kappa shape index (κ1) is 12.9. The van der Waals surface area contributed by atoms with Crippen molar-refractivity contribution >= 4 is 11.7 Å². The maximum absolute atomic E-state index is 11.5. The molecule has 1 saturated carbocycles. The number of nitrogens with zero attached hydrogens (tertiary/aromatic N) is 2. The van der Waals surface area contributed by atoms with Crippen molar-refractivity contribution in [2.45, 2.75) is 44.7 Å². The predicted octanol–water partition coefficient (Wildman–Crippen LogP) is 0.509. The number of hydrogen-bond donors (Lipinski definition) is 3. The smallest absolute Gasteiger partial charge is 0.254 e. The number of aryl methyl sites for hydroxylation is 2. The minimum Gasteiger partial charge on any atom is -0.367 e. The zero-order valence-corrected chi connectivity index (χ0v) is 10.9. The average Bonchev–Trinajstić information content (AvgIpc) is 2.57. The first-order valence-corrected chi connectivity index (χ1v) is 6.34. The second-order valence-electron chi connectivity index (χ2n) is 5.05. The summed E-state index contributed by atoms with van der Waals surface area (Å²) in [5.74, 6) is 0.288. The summed E-state index contributed by atoms with van der Waals surface area (Å²) in [7, 11) is 1.82. The highest BCUT2D eigenvalue weighted by atomic mass is 16.1. The first-order chi connectivity index (χ1) is 8.49. The van der Waals surface area contributed by atoms with Gasteiger partial charge < -0.3 is 16.8 Å². The molecule has 1 aromatic heterocycles. The lowest BCUT2D eigenvalue weighted by Gasteiger charge is -2.27. The van der Waals surface area contributed by atoms with E-state index in [1.54, 1.807) is 11.6 Å². The van der Waals surface area contributed by atoms with Gasteiger partial charge in [0.05, 0.1) is 5.69 Å². The number of aromatic nitrogens is 2. The molecule has 0 radical (unpaired) electrons. The second kappa shape index (κ2) is 4.97. The van der Waals surface area contributed by atoms with Gasteiger partial charge in [-0.25, -0.2) is 0 Å². The van der Waals surface area contributed by atoms with Gasteiger partial charge in [-0.15, -0.1) is 0 Å². The lowest BCUT2D eigenvalue weighted by atomic mass is 9.92. The van der Waals surface area contributed by atoms with Crippen LogP contribution in [0.1, 0.15) is 41.7 Å². The Bertz CT molecular complexity index is 446. The van der Waals surface area contributed by atoms with Gasteiger partial charge in [0.2, 0.25) is 0 Å². The number of anilines is 1. The molecule has 100 valence electrons. The van der Waals surface area contributed by atoms with Crippen LogP contribution in [0.4, 0.5) is 5.82 Å². The van der Waals surface area contributed by atoms with E-state index in [1.165, 1.54) is 0 Å². The largest absolute Gasteiger partial charge is 0.367 e. The molecule has 6 heteroatoms. The van der Waals surface area contributed by atoms with Crippen LogP contribution in [0.3, 0.4) is 0 Å². The van der Waals surface area contributed by atoms with Crippen molar-refractivity contribution in [3.05, 3.63) is 11.3 Å². The molecule has 0 aromatic carbocycles. The van der Waals surface area contributed by atoms with E-state index in [1.807, 2.05) is 7.05 Å². The fraction of sp³-hybridized carbons (Fsp3) is 0.667. The van der Waals surface area contributed by atoms with E-state index in [2.05, 4.69) is 10.4 Å². The number of hydrogen-bond acceptors (Lipinski definition) is 4. The Balaban J connectivity index is 2.16. The molecule has 1 fully saturated rings. The van der Waals surface area contributed by atoms with Gasteiger partial charge in [-0.05, 0) is 32.6 Å². The van der Waals surface area contributed by atoms with Gasteiger partial charge in [0, 0.05) is 19.1 Å². The van der Waals surface area contributed by atoms with Crippen molar-refractivity contribution in [2.24, 2.45) is 18.5 Å². The Hall–Kier alpha value is -1.56. The van der Waals surface area contributed by atoms with E-state index >= 15 is 0 Å². The molecule has 1 aliphatic carbocycles. The van der Waals surface area contributed by atoms with E-state index < -0.39 is 5.91 Å². The van der Waals surface area contributed by atoms with E-state index in [0.29, 0.717) is 23.3 Å². The minimum absolute atomic E-state index is 0.312. The van der Waals surface area contributed by atoms with Gasteiger partial charge in [-0.3, -0.25) is 9.48 Å². The topological polar surface area (TPSA) is 99.0 Å². The van der Waals surface area contributed by atoms with Crippen molar-refractivity contribution < 1.29 is 4.79 Å². The molecule has 1 aromatic rings. The van der Waals surface area contributed by atoms with Crippen molar-refractivity contribution in [2.75, 3.05) is 5.32 Å². The standard InChI is InChI=1S/C12H21N5O/c1-7-10(11(14)18)12(17(2)16-7)15-9-5-3-8(13)4-6-9/h8-9,15H,3-6,13H2,1-2H3,(H2,14,18). The van der Waals surface area contributed by atoms with Crippen LogP contribution in [0.5, 0.6) is 0 Å². The molecule has 0 spiro atoms. The molecule has 1 heterocycles. The van der Waals surface area contributed by atoms with Gasteiger partial charge in [-0.1, -0.05) is 0 Å². The third-order valence-corrected chi connectivity index (χ3v) is 3.58. The van der Waals surface area contributed by atoms with E-state index in [0.717, 1.165) is 31.5 Å². The predicted molar refractivity (Wildman–Crippen MR) is 70.3 cm³/mol. The van der Waals surface area contributed by atoms with Crippen molar-refractivity contribution in [3.8, 4) is 0 Å². The highest BCUT2D eigenvalue weighted by molar-refractivity contribution is 5.98. The van der Waals surface area contributed by atoms with E-state index in [4.69, 9.17) is 11.5 Å². The fourth-order valence-electron chi connectivity index (χ4n) is 2.58. The van der Waals surface area contributed by atoms with Gasteiger partial charge >= 0.3 is 0 Å². The van der Waals surface area contributed by atoms with Gasteiger partial charge in [0.1, 0.15) is 11.4 Å². The molecule has 0 saturated heterocycles. The number of primary amides is 1. The zero-order chi connectivity index (χ0) is 13.3. The van der Waals surface area contributed by atoms with Gasteiger partial charge in [0.15, 0.2) is 0 Å². The van der Waals surface area contributed by atoms with Crippen molar-refractivity contribution in [1.82, 2.24) is 9.78 Å². The normalized spacial score (nSPS) is 23.9. The summed E-state index contributed by atoms with van der Waals surface area (Å²) in [5.41, 5.74) is 12.4. The van der Waals surface area contributed by atoms with Crippen LogP contribution < -0.4 is 16.8 Å². The Labute approximate surface area is 107 Å². The van der Waals surface area contributed by atoms with Crippen LogP contribution in [0.25, 0.3) is 0 Å². The van der Waals surface area contributed by atoms with Crippen LogP contribution in [0.2, 0.25) is 0 Å². The molecule has 2 rings (SSSR count). The van der Waals surface area contributed by atoms with Crippen molar-refractivity contribution in [1.29, 1.82) is 0 Å². The lowest BCUT2D eigenvalue weighted by Crippen LogP contribution is -2.33. The number of nitrogens with two attached hydrogens (primary N) is 2. The highest BCUT2D eigenvalue weighted by Gasteiger charge is 2.23. The summed E-state index contributed by atoms with van der Waals surface area (Å²) in [6.07, 6.45) is 4.06. The summed E-state index contributed by atoms with van der Waals surface area (Å²) in [4.78, 5) is 11.5. The van der Waals surface area contributed by atoms with Crippen LogP contribution in [-0.2, 0) is 7.05 Å². The maximum atomic E-state index is 11.5. The molecular weight excluding hydrogens is 230 g/mol. The molecule has 0 bridgehead atoms. The highest BCUT2D eigenvalue weighted by Crippen LogP contribution is 2.24. The summed E-state index contributed by atoms with van der Waals surface area (Å²) < 4.78 is 1.68. The molecule has 0 atom stereocenters. The Morgan fingerprint density at radius 2 is 2.00 bits per heavy atom. The maximum Gasteiger partial charge on any atom is 0.254 e. The Morgan fingerprint density at radius 3 is 2.56 bits per heavy atom. The Kier molecular flexibility index (Phi) is 3.56. The molecule has 1 amide bonds. The van der Waals surface area contributed by atoms with Crippen LogP contribution in [0.15, 0.2) is 0 Å². The number of carbonyl (C=O) groups excluding carboxylic acids is 1. The molecule has 5 N–H and O–H groups in total. The quantitative estimate of drug-likeness (QED) is 0.728. The summed E-state index contributed by atoms with van der Waals surface area (Å²) in [6, 6.07) is 0.657. The first-order valence-electron chi connectivity index (χ1n) is 6.34. The molecule has 18 heavy (non-hydrogen) atoms. The lowest BCUT2D eigenvalue weighted by molar-refractivity contribution is 0.100. The zero-order valence-electron chi connectivity index (χ0n) is 10.9. The van der Waals surface area contributed by atoms with Crippen molar-refractivity contribution in [3.63, 3.8) is 0 Å². The third kappa shape index (κ3) is 2.48. The average molecular weight is 251 g/mol. The van der Waals surface area contributed by atoms with Crippen LogP contribution in [-0.4, -0.2) is 27.8 Å². The number of nitrogens with one attached hydrogen (secondary N) is 1. The van der Waals surface area contributed by atoms with E-state index in [9.17, 15) is 4.79 Å². The van der Waals surface area contributed by atoms with E-state index in [-0.39, 0.29) is 0 Å². The number of rotatable bonds is 3. The summed E-state index contributed by atoms with van der Waals surface area (Å²) in [5, 5.41) is 7.63.